The Morgan fingerprint density at radius 3 is 2.44 bits per heavy atom. The number of hydrogen-bond acceptors (Lipinski definition) is 4. The summed E-state index contributed by atoms with van der Waals surface area (Å²) in [6.07, 6.45) is 0. The van der Waals surface area contributed by atoms with Gasteiger partial charge < -0.3 is 0 Å². The number of non-ortho nitro benzene ring substituents is 1. The second-order valence-corrected chi connectivity index (χ2v) is 4.90. The summed E-state index contributed by atoms with van der Waals surface area (Å²) >= 11 is 0. The summed E-state index contributed by atoms with van der Waals surface area (Å²) in [6.45, 7) is 1.80. The van der Waals surface area contributed by atoms with Gasteiger partial charge >= 0.3 is 0 Å². The molecule has 3 rings (SSSR count). The number of nitrogens with zero attached hydrogens (tertiary/aromatic N) is 1. The third kappa shape index (κ3) is 1.17. The van der Waals surface area contributed by atoms with Crippen LogP contribution >= 0.6 is 0 Å². The van der Waals surface area contributed by atoms with Crippen molar-refractivity contribution in [3.63, 3.8) is 0 Å². The summed E-state index contributed by atoms with van der Waals surface area (Å²) in [5, 5.41) is 13.0. The van der Waals surface area contributed by atoms with Crippen LogP contribution in [0.25, 0.3) is 0 Å². The van der Waals surface area contributed by atoms with E-state index in [0.717, 1.165) is 0 Å². The molecule has 18 heavy (non-hydrogen) atoms. The number of amides is 2. The maximum atomic E-state index is 11.6. The predicted molar refractivity (Wildman–Crippen MR) is 60.6 cm³/mol. The molecule has 2 fully saturated rings. The number of hydrogen-bond donors (Lipinski definition) is 1. The van der Waals surface area contributed by atoms with Crippen LogP contribution in [-0.4, -0.2) is 16.7 Å². The summed E-state index contributed by atoms with van der Waals surface area (Å²) < 4.78 is 0. The lowest BCUT2D eigenvalue weighted by atomic mass is 9.92. The number of carbonyl (C=O) groups excluding carboxylic acids is 2. The van der Waals surface area contributed by atoms with E-state index in [9.17, 15) is 19.7 Å². The standard InChI is InChI=1S/C12H10N2O4/c1-12(8-9(12)11(16)13-10(8)15)6-3-2-4-7(5-6)14(17)18/h2-5,8-9H,1H3,(H,13,15,16)/t8-,9+,12-. The molecule has 1 N–H and O–H groups in total. The monoisotopic (exact) mass is 246 g/mol. The zero-order chi connectivity index (χ0) is 13.1. The second-order valence-electron chi connectivity index (χ2n) is 4.90. The van der Waals surface area contributed by atoms with E-state index in [4.69, 9.17) is 0 Å². The van der Waals surface area contributed by atoms with Crippen molar-refractivity contribution in [2.75, 3.05) is 0 Å². The first-order valence-corrected chi connectivity index (χ1v) is 5.56. The fourth-order valence-corrected chi connectivity index (χ4v) is 2.95. The number of rotatable bonds is 2. The van der Waals surface area contributed by atoms with E-state index in [1.165, 1.54) is 12.1 Å². The minimum atomic E-state index is -0.592. The highest BCUT2D eigenvalue weighted by Crippen LogP contribution is 2.62. The lowest BCUT2D eigenvalue weighted by Crippen LogP contribution is -2.32. The Balaban J connectivity index is 2.02. The number of piperidine rings is 1. The molecule has 92 valence electrons. The summed E-state index contributed by atoms with van der Waals surface area (Å²) in [5.41, 5.74) is 0.0623. The molecule has 1 aliphatic heterocycles. The summed E-state index contributed by atoms with van der Waals surface area (Å²) in [7, 11) is 0. The fraction of sp³-hybridized carbons (Fsp3) is 0.333. The van der Waals surface area contributed by atoms with Gasteiger partial charge in [-0.1, -0.05) is 19.1 Å². The fourth-order valence-electron chi connectivity index (χ4n) is 2.95. The molecular weight excluding hydrogens is 236 g/mol. The highest BCUT2D eigenvalue weighted by atomic mass is 16.6. The van der Waals surface area contributed by atoms with E-state index < -0.39 is 10.3 Å². The first kappa shape index (κ1) is 10.9. The van der Waals surface area contributed by atoms with Gasteiger partial charge in [-0.15, -0.1) is 0 Å². The van der Waals surface area contributed by atoms with Crippen LogP contribution in [0.4, 0.5) is 5.69 Å². The number of nitro groups is 1. The van der Waals surface area contributed by atoms with Crippen LogP contribution in [0.2, 0.25) is 0 Å². The average Bonchev–Trinajstić information content (AvgIpc) is 2.85. The molecule has 0 spiro atoms. The van der Waals surface area contributed by atoms with Gasteiger partial charge in [0.25, 0.3) is 5.69 Å². The maximum Gasteiger partial charge on any atom is 0.269 e. The van der Waals surface area contributed by atoms with Crippen LogP contribution in [0.5, 0.6) is 0 Å². The Bertz CT molecular complexity index is 575. The van der Waals surface area contributed by atoms with Crippen molar-refractivity contribution in [1.82, 2.24) is 5.32 Å². The summed E-state index contributed by atoms with van der Waals surface area (Å²) in [4.78, 5) is 33.4. The molecule has 1 heterocycles. The topological polar surface area (TPSA) is 89.3 Å². The molecule has 3 atom stereocenters. The molecule has 1 aliphatic carbocycles. The van der Waals surface area contributed by atoms with E-state index in [-0.39, 0.29) is 29.3 Å². The highest BCUT2D eigenvalue weighted by molar-refractivity contribution is 6.11. The number of benzene rings is 1. The first-order chi connectivity index (χ1) is 8.46. The van der Waals surface area contributed by atoms with Crippen molar-refractivity contribution < 1.29 is 14.5 Å². The number of imide groups is 1. The van der Waals surface area contributed by atoms with Gasteiger partial charge in [-0.25, -0.2) is 0 Å². The van der Waals surface area contributed by atoms with Gasteiger partial charge in [0, 0.05) is 17.5 Å². The van der Waals surface area contributed by atoms with Crippen molar-refractivity contribution in [2.45, 2.75) is 12.3 Å². The molecule has 2 aliphatic rings. The number of nitrogens with one attached hydrogen (secondary N) is 1. The van der Waals surface area contributed by atoms with Crippen molar-refractivity contribution in [1.29, 1.82) is 0 Å². The normalized spacial score (nSPS) is 32.9. The van der Waals surface area contributed by atoms with Crippen molar-refractivity contribution >= 4 is 17.5 Å². The van der Waals surface area contributed by atoms with Gasteiger partial charge in [0.2, 0.25) is 11.8 Å². The van der Waals surface area contributed by atoms with Crippen LogP contribution in [0, 0.1) is 22.0 Å². The number of fused-ring (bicyclic) bond motifs is 1. The zero-order valence-corrected chi connectivity index (χ0v) is 9.54. The molecule has 1 saturated heterocycles. The quantitative estimate of drug-likeness (QED) is 0.474. The largest absolute Gasteiger partial charge is 0.296 e. The van der Waals surface area contributed by atoms with E-state index in [1.54, 1.807) is 19.1 Å². The molecule has 6 heteroatoms. The van der Waals surface area contributed by atoms with Crippen molar-refractivity contribution in [3.05, 3.63) is 39.9 Å². The van der Waals surface area contributed by atoms with Crippen LogP contribution in [0.3, 0.4) is 0 Å². The van der Waals surface area contributed by atoms with Gasteiger partial charge in [-0.3, -0.25) is 25.0 Å². The minimum Gasteiger partial charge on any atom is -0.296 e. The van der Waals surface area contributed by atoms with E-state index >= 15 is 0 Å². The molecule has 1 aromatic carbocycles. The van der Waals surface area contributed by atoms with Crippen LogP contribution in [-0.2, 0) is 15.0 Å². The number of nitro benzene ring substituents is 1. The van der Waals surface area contributed by atoms with E-state index in [2.05, 4.69) is 5.32 Å². The molecule has 1 aromatic rings. The Morgan fingerprint density at radius 1 is 1.28 bits per heavy atom. The third-order valence-corrected chi connectivity index (χ3v) is 4.01. The lowest BCUT2D eigenvalue weighted by molar-refractivity contribution is -0.384. The second kappa shape index (κ2) is 3.16. The maximum absolute atomic E-state index is 11.6. The minimum absolute atomic E-state index is 0.0217. The Hall–Kier alpha value is -2.24. The van der Waals surface area contributed by atoms with Gasteiger partial charge in [-0.2, -0.15) is 0 Å². The highest BCUT2D eigenvalue weighted by Gasteiger charge is 2.73. The molecule has 2 amide bonds. The van der Waals surface area contributed by atoms with Crippen molar-refractivity contribution in [2.24, 2.45) is 11.8 Å². The molecule has 6 nitrogen and oxygen atoms in total. The van der Waals surface area contributed by atoms with Crippen LogP contribution in [0.1, 0.15) is 12.5 Å². The lowest BCUT2D eigenvalue weighted by Gasteiger charge is -2.14. The van der Waals surface area contributed by atoms with Gasteiger partial charge in [-0.05, 0) is 5.56 Å². The SMILES string of the molecule is C[C@]1(c2cccc([N+](=O)[O-])c2)[C@@H]2C(=O)NC(=O)[C@@H]21. The van der Waals surface area contributed by atoms with Crippen LogP contribution in [0.15, 0.2) is 24.3 Å². The van der Waals surface area contributed by atoms with Gasteiger partial charge in [0.05, 0.1) is 16.8 Å². The Kier molecular flexibility index (Phi) is 1.91. The van der Waals surface area contributed by atoms with Gasteiger partial charge in [0.15, 0.2) is 0 Å². The summed E-state index contributed by atoms with van der Waals surface area (Å²) in [5.74, 6) is -1.32. The smallest absolute Gasteiger partial charge is 0.269 e. The first-order valence-electron chi connectivity index (χ1n) is 5.56. The summed E-state index contributed by atoms with van der Waals surface area (Å²) in [6, 6.07) is 6.15. The van der Waals surface area contributed by atoms with E-state index in [1.807, 2.05) is 0 Å². The van der Waals surface area contributed by atoms with E-state index in [0.29, 0.717) is 5.56 Å². The molecule has 0 unspecified atom stereocenters. The average molecular weight is 246 g/mol. The molecule has 0 radical (unpaired) electrons. The molecule has 1 saturated carbocycles. The van der Waals surface area contributed by atoms with Crippen molar-refractivity contribution in [3.8, 4) is 0 Å². The predicted octanol–water partition coefficient (Wildman–Crippen LogP) is 0.755. The zero-order valence-electron chi connectivity index (χ0n) is 9.54. The molecule has 0 aromatic heterocycles. The third-order valence-electron chi connectivity index (χ3n) is 4.01. The van der Waals surface area contributed by atoms with Gasteiger partial charge in [0.1, 0.15) is 0 Å². The van der Waals surface area contributed by atoms with Crippen LogP contribution < -0.4 is 5.32 Å². The Morgan fingerprint density at radius 2 is 1.89 bits per heavy atom. The number of carbonyl (C=O) groups is 2. The molecule has 0 bridgehead atoms. The molecular formula is C12H10N2O4. The Labute approximate surface area is 102 Å².